The molecule has 2 saturated carbocycles. The topological polar surface area (TPSA) is 130 Å². The van der Waals surface area contributed by atoms with Crippen LogP contribution >= 0.6 is 11.6 Å². The maximum Gasteiger partial charge on any atom is 0.278 e. The fraction of sp³-hybridized carbons (Fsp3) is 0.435. The van der Waals surface area contributed by atoms with Crippen molar-refractivity contribution >= 4 is 56.3 Å². The highest BCUT2D eigenvalue weighted by atomic mass is 35.5. The number of aromatic nitrogens is 1. The Hall–Kier alpha value is -2.89. The Kier molecular flexibility index (Phi) is 7.20. The molecule has 10 nitrogen and oxygen atoms in total. The number of carbonyl (C=O) groups excluding carboxylic acids is 2. The summed E-state index contributed by atoms with van der Waals surface area (Å²) in [5, 5.41) is 6.40. The molecule has 0 radical (unpaired) electrons. The maximum atomic E-state index is 12.7. The monoisotopic (exact) mass is 521 g/mol. The molecule has 12 heteroatoms. The Balaban J connectivity index is 1.75. The molecule has 1 heterocycles. The van der Waals surface area contributed by atoms with E-state index in [-0.39, 0.29) is 29.8 Å². The number of benzene rings is 1. The van der Waals surface area contributed by atoms with Gasteiger partial charge in [-0.2, -0.15) is 0 Å². The van der Waals surface area contributed by atoms with Gasteiger partial charge in [-0.25, -0.2) is 18.9 Å². The largest absolute Gasteiger partial charge is 0.353 e. The van der Waals surface area contributed by atoms with E-state index >= 15 is 0 Å². The predicted molar refractivity (Wildman–Crippen MR) is 135 cm³/mol. The van der Waals surface area contributed by atoms with Crippen LogP contribution in [0.2, 0.25) is 5.02 Å². The molecule has 1 aromatic carbocycles. The first-order chi connectivity index (χ1) is 16.6. The standard InChI is InChI=1S/C23H28ClN5O5S/c1-4-34-28-23(31)16-12-25-21(27-22(30)14-7-8-14)11-18(16)26-19-10-17(24)15(13-5-6-13)9-20(19)29(2)35(3,32)33/h9-14H,4-8H2,1-3H3,(H,28,31)(H2,25,26,27,30). The zero-order valence-corrected chi connectivity index (χ0v) is 21.3. The Bertz CT molecular complexity index is 1260. The van der Waals surface area contributed by atoms with Crippen molar-refractivity contribution < 1.29 is 22.8 Å². The third-order valence-electron chi connectivity index (χ3n) is 5.90. The number of pyridine rings is 1. The second kappa shape index (κ2) is 10.00. The Morgan fingerprint density at radius 1 is 1.17 bits per heavy atom. The lowest BCUT2D eigenvalue weighted by atomic mass is 10.1. The summed E-state index contributed by atoms with van der Waals surface area (Å²) in [7, 11) is -2.13. The van der Waals surface area contributed by atoms with E-state index < -0.39 is 15.9 Å². The summed E-state index contributed by atoms with van der Waals surface area (Å²) < 4.78 is 25.9. The maximum absolute atomic E-state index is 12.7. The molecule has 35 heavy (non-hydrogen) atoms. The van der Waals surface area contributed by atoms with Gasteiger partial charge in [-0.05, 0) is 56.2 Å². The number of nitrogens with zero attached hydrogens (tertiary/aromatic N) is 2. The second-order valence-electron chi connectivity index (χ2n) is 8.76. The highest BCUT2D eigenvalue weighted by Crippen LogP contribution is 2.47. The lowest BCUT2D eigenvalue weighted by molar-refractivity contribution is -0.117. The summed E-state index contributed by atoms with van der Waals surface area (Å²) in [6.07, 6.45) is 6.08. The van der Waals surface area contributed by atoms with Crippen molar-refractivity contribution in [1.82, 2.24) is 10.5 Å². The third kappa shape index (κ3) is 6.03. The highest BCUT2D eigenvalue weighted by molar-refractivity contribution is 7.92. The van der Waals surface area contributed by atoms with Gasteiger partial charge in [-0.3, -0.25) is 18.7 Å². The zero-order chi connectivity index (χ0) is 25.3. The van der Waals surface area contributed by atoms with E-state index in [1.54, 1.807) is 19.1 Å². The number of carbonyl (C=O) groups is 2. The van der Waals surface area contributed by atoms with Gasteiger partial charge in [0.2, 0.25) is 15.9 Å². The molecule has 2 aliphatic rings. The molecule has 2 amide bonds. The van der Waals surface area contributed by atoms with E-state index in [2.05, 4.69) is 21.1 Å². The Morgan fingerprint density at radius 2 is 1.89 bits per heavy atom. The van der Waals surface area contributed by atoms with E-state index in [1.165, 1.54) is 19.3 Å². The van der Waals surface area contributed by atoms with Gasteiger partial charge in [0.15, 0.2) is 0 Å². The fourth-order valence-electron chi connectivity index (χ4n) is 3.54. The van der Waals surface area contributed by atoms with E-state index in [9.17, 15) is 18.0 Å². The molecule has 0 bridgehead atoms. The summed E-state index contributed by atoms with van der Waals surface area (Å²) in [6.45, 7) is 1.99. The van der Waals surface area contributed by atoms with Crippen LogP contribution in [0, 0.1) is 5.92 Å². The molecular formula is C23H28ClN5O5S. The minimum atomic E-state index is -3.59. The zero-order valence-electron chi connectivity index (χ0n) is 19.7. The number of halogens is 1. The van der Waals surface area contributed by atoms with Gasteiger partial charge in [0, 0.05) is 30.3 Å². The van der Waals surface area contributed by atoms with E-state index in [1.807, 2.05) is 0 Å². The summed E-state index contributed by atoms with van der Waals surface area (Å²) in [6, 6.07) is 4.94. The summed E-state index contributed by atoms with van der Waals surface area (Å²) in [5.41, 5.74) is 4.40. The molecule has 3 N–H and O–H groups in total. The van der Waals surface area contributed by atoms with Gasteiger partial charge in [0.1, 0.15) is 5.82 Å². The average molecular weight is 522 g/mol. The minimum absolute atomic E-state index is 0.0297. The molecule has 0 spiro atoms. The van der Waals surface area contributed by atoms with Crippen LogP contribution in [0.4, 0.5) is 22.9 Å². The molecule has 4 rings (SSSR count). The lowest BCUT2D eigenvalue weighted by Crippen LogP contribution is -2.26. The predicted octanol–water partition coefficient (Wildman–Crippen LogP) is 3.78. The number of hydroxylamine groups is 1. The van der Waals surface area contributed by atoms with Crippen LogP contribution in [0.3, 0.4) is 0 Å². The van der Waals surface area contributed by atoms with Gasteiger partial charge in [0.25, 0.3) is 5.91 Å². The van der Waals surface area contributed by atoms with E-state index in [0.717, 1.165) is 41.8 Å². The number of amides is 2. The number of hydrogen-bond acceptors (Lipinski definition) is 7. The van der Waals surface area contributed by atoms with Crippen molar-refractivity contribution in [1.29, 1.82) is 0 Å². The molecule has 0 saturated heterocycles. The van der Waals surface area contributed by atoms with Crippen molar-refractivity contribution in [3.05, 3.63) is 40.5 Å². The van der Waals surface area contributed by atoms with E-state index in [0.29, 0.717) is 28.0 Å². The van der Waals surface area contributed by atoms with Crippen molar-refractivity contribution in [2.24, 2.45) is 5.92 Å². The average Bonchev–Trinajstić information content (AvgIpc) is 3.69. The second-order valence-corrected chi connectivity index (χ2v) is 11.2. The number of hydrogen-bond donors (Lipinski definition) is 3. The first kappa shape index (κ1) is 25.2. The van der Waals surface area contributed by atoms with Crippen LogP contribution in [0.25, 0.3) is 0 Å². The van der Waals surface area contributed by atoms with Gasteiger partial charge >= 0.3 is 0 Å². The van der Waals surface area contributed by atoms with Crippen LogP contribution in [0.15, 0.2) is 24.4 Å². The van der Waals surface area contributed by atoms with Gasteiger partial charge in [-0.1, -0.05) is 11.6 Å². The summed E-state index contributed by atoms with van der Waals surface area (Å²) in [4.78, 5) is 34.2. The molecule has 2 aliphatic carbocycles. The number of nitrogens with one attached hydrogen (secondary N) is 3. The molecule has 2 aromatic rings. The Morgan fingerprint density at radius 3 is 2.49 bits per heavy atom. The first-order valence-electron chi connectivity index (χ1n) is 11.4. The highest BCUT2D eigenvalue weighted by Gasteiger charge is 2.31. The van der Waals surface area contributed by atoms with Crippen molar-refractivity contribution in [2.45, 2.75) is 38.5 Å². The quantitative estimate of drug-likeness (QED) is 0.405. The van der Waals surface area contributed by atoms with Crippen LogP contribution in [-0.4, -0.2) is 45.1 Å². The lowest BCUT2D eigenvalue weighted by Gasteiger charge is -2.23. The van der Waals surface area contributed by atoms with E-state index in [4.69, 9.17) is 16.4 Å². The smallest absolute Gasteiger partial charge is 0.278 e. The van der Waals surface area contributed by atoms with Crippen molar-refractivity contribution in [3.8, 4) is 0 Å². The SMILES string of the molecule is CCONC(=O)c1cnc(NC(=O)C2CC2)cc1Nc1cc(Cl)c(C2CC2)cc1N(C)S(C)(=O)=O. The number of rotatable bonds is 10. The van der Waals surface area contributed by atoms with Crippen LogP contribution < -0.4 is 20.4 Å². The van der Waals surface area contributed by atoms with Crippen molar-refractivity contribution in [3.63, 3.8) is 0 Å². The molecule has 188 valence electrons. The van der Waals surface area contributed by atoms with Crippen LogP contribution in [0.5, 0.6) is 0 Å². The Labute approximate surface area is 209 Å². The summed E-state index contributed by atoms with van der Waals surface area (Å²) >= 11 is 6.56. The number of sulfonamides is 1. The molecule has 0 unspecified atom stereocenters. The molecule has 0 atom stereocenters. The van der Waals surface area contributed by atoms with Gasteiger partial charge in [-0.15, -0.1) is 0 Å². The van der Waals surface area contributed by atoms with Crippen LogP contribution in [-0.2, 0) is 19.7 Å². The van der Waals surface area contributed by atoms with Gasteiger partial charge in [0.05, 0.1) is 35.5 Å². The minimum Gasteiger partial charge on any atom is -0.353 e. The van der Waals surface area contributed by atoms with Crippen molar-refractivity contribution in [2.75, 3.05) is 34.8 Å². The first-order valence-corrected chi connectivity index (χ1v) is 13.6. The normalized spacial score (nSPS) is 15.4. The fourth-order valence-corrected chi connectivity index (χ4v) is 4.37. The summed E-state index contributed by atoms with van der Waals surface area (Å²) in [5.74, 6) is -0.167. The third-order valence-corrected chi connectivity index (χ3v) is 7.41. The molecule has 2 fully saturated rings. The van der Waals surface area contributed by atoms with Gasteiger partial charge < -0.3 is 10.6 Å². The molecule has 0 aliphatic heterocycles. The molecular weight excluding hydrogens is 494 g/mol. The van der Waals surface area contributed by atoms with Crippen LogP contribution in [0.1, 0.15) is 54.4 Å². The number of anilines is 4. The molecule has 1 aromatic heterocycles.